The molecule has 2 heterocycles. The lowest BCUT2D eigenvalue weighted by atomic mass is 10.0. The summed E-state index contributed by atoms with van der Waals surface area (Å²) in [6.07, 6.45) is 6.92. The van der Waals surface area contributed by atoms with Crippen LogP contribution in [-0.4, -0.2) is 61.1 Å². The first-order valence-corrected chi connectivity index (χ1v) is 11.0. The van der Waals surface area contributed by atoms with Crippen molar-refractivity contribution < 1.29 is 19.1 Å². The molecule has 1 aromatic heterocycles. The van der Waals surface area contributed by atoms with Gasteiger partial charge in [0.05, 0.1) is 52.6 Å². The molecule has 1 aliphatic heterocycles. The first-order chi connectivity index (χ1) is 15.1. The number of aromatic amines is 1. The first kappa shape index (κ1) is 23.5. The number of allylic oxidation sites excluding steroid dienone is 2. The van der Waals surface area contributed by atoms with E-state index in [1.54, 1.807) is 7.11 Å². The maximum absolute atomic E-state index is 10.9. The van der Waals surface area contributed by atoms with E-state index in [1.165, 1.54) is 5.57 Å². The number of ether oxygens (including phenoxy) is 1. The van der Waals surface area contributed by atoms with E-state index in [1.807, 2.05) is 37.3 Å². The molecule has 0 atom stereocenters. The van der Waals surface area contributed by atoms with Crippen LogP contribution in [0.4, 0.5) is 0 Å². The van der Waals surface area contributed by atoms with Crippen LogP contribution in [0.3, 0.4) is 0 Å². The van der Waals surface area contributed by atoms with Gasteiger partial charge >= 0.3 is 5.97 Å². The van der Waals surface area contributed by atoms with Crippen LogP contribution in [-0.2, 0) is 11.2 Å². The number of aliphatic imine (C=N–C) groups is 1. The molecule has 0 amide bonds. The molecule has 2 N–H and O–H groups in total. The van der Waals surface area contributed by atoms with Gasteiger partial charge in [-0.2, -0.15) is 0 Å². The number of hydrogen-bond acceptors (Lipinski definition) is 3. The van der Waals surface area contributed by atoms with Crippen molar-refractivity contribution in [3.8, 4) is 5.75 Å². The number of benzene rings is 1. The van der Waals surface area contributed by atoms with E-state index in [0.29, 0.717) is 6.42 Å². The molecule has 6 nitrogen and oxygen atoms in total. The first-order valence-electron chi connectivity index (χ1n) is 11.0. The molecule has 0 spiro atoms. The van der Waals surface area contributed by atoms with Crippen LogP contribution in [0.15, 0.2) is 52.7 Å². The second kappa shape index (κ2) is 10.0. The molecule has 32 heavy (non-hydrogen) atoms. The highest BCUT2D eigenvalue weighted by molar-refractivity contribution is 6.12. The van der Waals surface area contributed by atoms with Gasteiger partial charge in [0, 0.05) is 23.4 Å². The third-order valence-corrected chi connectivity index (χ3v) is 5.54. The van der Waals surface area contributed by atoms with Gasteiger partial charge in [-0.05, 0) is 73.4 Å². The van der Waals surface area contributed by atoms with Crippen LogP contribution in [0.2, 0.25) is 0 Å². The Hall–Kier alpha value is -3.12. The molecule has 1 aliphatic rings. The number of rotatable bonds is 10. The third-order valence-electron chi connectivity index (χ3n) is 5.54. The molecule has 0 saturated carbocycles. The van der Waals surface area contributed by atoms with E-state index in [9.17, 15) is 4.79 Å². The van der Waals surface area contributed by atoms with Crippen LogP contribution < -0.4 is 4.74 Å². The number of nitrogens with zero attached hydrogens (tertiary/aromatic N) is 2. The number of carboxylic acid groups (broad SMARTS) is 1. The van der Waals surface area contributed by atoms with Gasteiger partial charge in [0.15, 0.2) is 0 Å². The Morgan fingerprint density at radius 3 is 2.53 bits per heavy atom. The van der Waals surface area contributed by atoms with Gasteiger partial charge in [0.2, 0.25) is 0 Å². The summed E-state index contributed by atoms with van der Waals surface area (Å²) in [7, 11) is 8.29. The molecule has 170 valence electrons. The summed E-state index contributed by atoms with van der Waals surface area (Å²) >= 11 is 0. The van der Waals surface area contributed by atoms with E-state index < -0.39 is 5.97 Å². The Balaban J connectivity index is 1.88. The van der Waals surface area contributed by atoms with Crippen molar-refractivity contribution in [2.45, 2.75) is 32.6 Å². The number of hydrogen-bond donors (Lipinski definition) is 2. The second-order valence-corrected chi connectivity index (χ2v) is 9.33. The maximum Gasteiger partial charge on any atom is 0.303 e. The van der Waals surface area contributed by atoms with Crippen LogP contribution in [0.25, 0.3) is 6.08 Å². The highest BCUT2D eigenvalue weighted by atomic mass is 16.5. The Labute approximate surface area is 190 Å². The fourth-order valence-electron chi connectivity index (χ4n) is 3.76. The van der Waals surface area contributed by atoms with E-state index >= 15 is 0 Å². The van der Waals surface area contributed by atoms with Gasteiger partial charge in [0.1, 0.15) is 5.75 Å². The van der Waals surface area contributed by atoms with Crippen LogP contribution in [0, 0.1) is 6.92 Å². The van der Waals surface area contributed by atoms with E-state index in [4.69, 9.17) is 14.8 Å². The average Bonchev–Trinajstić information content (AvgIpc) is 3.29. The zero-order valence-electron chi connectivity index (χ0n) is 19.7. The fraction of sp³-hybridized carbons (Fsp3) is 0.385. The summed E-state index contributed by atoms with van der Waals surface area (Å²) in [4.78, 5) is 19.2. The zero-order valence-corrected chi connectivity index (χ0v) is 19.7. The molecule has 0 fully saturated rings. The number of nitrogens with one attached hydrogen (secondary N) is 1. The summed E-state index contributed by atoms with van der Waals surface area (Å²) in [5, 5.41) is 8.97. The summed E-state index contributed by atoms with van der Waals surface area (Å²) in [6, 6.07) is 10.00. The second-order valence-electron chi connectivity index (χ2n) is 9.33. The topological polar surface area (TPSA) is 74.7 Å². The molecule has 0 bridgehead atoms. The summed E-state index contributed by atoms with van der Waals surface area (Å²) < 4.78 is 6.21. The van der Waals surface area contributed by atoms with E-state index in [2.05, 4.69) is 38.3 Å². The minimum atomic E-state index is -0.788. The minimum absolute atomic E-state index is 0.117. The Morgan fingerprint density at radius 2 is 1.91 bits per heavy atom. The molecule has 0 saturated heterocycles. The number of aryl methyl sites for hydroxylation is 2. The van der Waals surface area contributed by atoms with Crippen molar-refractivity contribution in [1.29, 1.82) is 0 Å². The van der Waals surface area contributed by atoms with E-state index in [-0.39, 0.29) is 6.42 Å². The third kappa shape index (κ3) is 6.44. The lowest BCUT2D eigenvalue weighted by Crippen LogP contribution is -2.35. The van der Waals surface area contributed by atoms with Gasteiger partial charge in [-0.1, -0.05) is 0 Å². The fourth-order valence-corrected chi connectivity index (χ4v) is 3.76. The quantitative estimate of drug-likeness (QED) is 0.534. The van der Waals surface area contributed by atoms with Crippen LogP contribution in [0.1, 0.15) is 41.8 Å². The van der Waals surface area contributed by atoms with Gasteiger partial charge in [-0.15, -0.1) is 0 Å². The molecular formula is C26H34N3O3+. The Kier molecular flexibility index (Phi) is 7.36. The molecule has 0 unspecified atom stereocenters. The average molecular weight is 437 g/mol. The summed E-state index contributed by atoms with van der Waals surface area (Å²) in [6.45, 7) is 3.13. The lowest BCUT2D eigenvalue weighted by molar-refractivity contribution is -0.870. The number of carboxylic acids is 1. The molecular weight excluding hydrogens is 402 g/mol. The molecule has 0 aliphatic carbocycles. The number of aromatic nitrogens is 1. The van der Waals surface area contributed by atoms with Gasteiger partial charge in [0.25, 0.3) is 0 Å². The summed E-state index contributed by atoms with van der Waals surface area (Å²) in [5.41, 5.74) is 7.22. The number of aliphatic carboxylic acids is 1. The van der Waals surface area contributed by atoms with Crippen molar-refractivity contribution in [3.63, 3.8) is 0 Å². The Bertz CT molecular complexity index is 1050. The number of H-pyrrole nitrogens is 1. The largest absolute Gasteiger partial charge is 0.497 e. The predicted molar refractivity (Wildman–Crippen MR) is 129 cm³/mol. The van der Waals surface area contributed by atoms with Gasteiger partial charge in [-0.3, -0.25) is 4.79 Å². The molecule has 6 heteroatoms. The van der Waals surface area contributed by atoms with Crippen molar-refractivity contribution >= 4 is 17.8 Å². The monoisotopic (exact) mass is 436 g/mol. The van der Waals surface area contributed by atoms with Crippen molar-refractivity contribution in [2.75, 3.05) is 34.8 Å². The zero-order chi connectivity index (χ0) is 23.3. The number of methoxy groups -OCH3 is 1. The predicted octanol–water partition coefficient (Wildman–Crippen LogP) is 4.61. The SMILES string of the molecule is COc1ccc(C2=NC(=Cc3[nH]c(CCC(=O)O)cc3C)C(CCC[N+](C)(C)C)=C2)cc1. The molecule has 1 aromatic carbocycles. The van der Waals surface area contributed by atoms with Gasteiger partial charge in [-0.25, -0.2) is 4.99 Å². The number of quaternary nitrogens is 1. The van der Waals surface area contributed by atoms with Crippen molar-refractivity contribution in [1.82, 2.24) is 4.98 Å². The standard InChI is InChI=1S/C26H33N3O3/c1-18-15-21(10-13-26(30)31)27-23(18)17-25-20(7-6-14-29(2,3)4)16-24(28-25)19-8-11-22(32-5)12-9-19/h8-9,11-12,15-17H,6-7,10,13-14H2,1-5H3,(H-,27,28,30,31)/p+1. The van der Waals surface area contributed by atoms with Crippen LogP contribution in [0.5, 0.6) is 5.75 Å². The van der Waals surface area contributed by atoms with Crippen molar-refractivity contribution in [2.24, 2.45) is 4.99 Å². The summed E-state index contributed by atoms with van der Waals surface area (Å²) in [5.74, 6) is 0.0373. The number of carbonyl (C=O) groups is 1. The molecule has 0 radical (unpaired) electrons. The molecule has 2 aromatic rings. The minimum Gasteiger partial charge on any atom is -0.497 e. The van der Waals surface area contributed by atoms with Gasteiger partial charge < -0.3 is 19.3 Å². The highest BCUT2D eigenvalue weighted by Gasteiger charge is 2.18. The lowest BCUT2D eigenvalue weighted by Gasteiger charge is -2.23. The highest BCUT2D eigenvalue weighted by Crippen LogP contribution is 2.29. The van der Waals surface area contributed by atoms with Crippen LogP contribution >= 0.6 is 0 Å². The normalized spacial score (nSPS) is 15.1. The molecule has 3 rings (SSSR count). The van der Waals surface area contributed by atoms with E-state index in [0.717, 1.165) is 63.5 Å². The maximum atomic E-state index is 10.9. The van der Waals surface area contributed by atoms with Crippen molar-refractivity contribution in [3.05, 3.63) is 70.2 Å². The smallest absolute Gasteiger partial charge is 0.303 e. The Morgan fingerprint density at radius 1 is 1.19 bits per heavy atom.